The highest BCUT2D eigenvalue weighted by Gasteiger charge is 2.53. The number of piperidine rings is 1. The highest BCUT2D eigenvalue weighted by molar-refractivity contribution is 6.39. The Morgan fingerprint density at radius 1 is 0.752 bits per heavy atom. The van der Waals surface area contributed by atoms with E-state index in [0.29, 0.717) is 180 Å². The van der Waals surface area contributed by atoms with Crippen molar-refractivity contribution in [3.63, 3.8) is 0 Å². The Morgan fingerprint density at radius 3 is 2.26 bits per heavy atom. The molecule has 3 saturated heterocycles. The van der Waals surface area contributed by atoms with Crippen LogP contribution in [-0.2, 0) is 79.8 Å². The Balaban J connectivity index is 0.598. The molecule has 34 nitrogen and oxygen atoms in total. The fraction of sp³-hybridized carbons (Fsp3) is 0.632. The Kier molecular flexibility index (Phi) is 35.6. The van der Waals surface area contributed by atoms with Gasteiger partial charge in [-0.25, -0.2) is 34.2 Å². The van der Waals surface area contributed by atoms with Gasteiger partial charge in [-0.05, 0) is 171 Å². The molecular weight excluding hydrogens is 1560 g/mol. The number of benzene rings is 1. The zero-order chi connectivity index (χ0) is 86.7. The molecule has 4 fully saturated rings. The van der Waals surface area contributed by atoms with E-state index < -0.39 is 77.9 Å². The number of alkyl carbamates (subject to hydrolysis) is 1. The summed E-state index contributed by atoms with van der Waals surface area (Å²) < 4.78 is 48.5. The molecule has 662 valence electrons. The molecule has 2 bridgehead atoms. The third kappa shape index (κ3) is 26.9. The number of amides is 5. The van der Waals surface area contributed by atoms with E-state index in [1.165, 1.54) is 18.3 Å². The summed E-state index contributed by atoms with van der Waals surface area (Å²) in [6.07, 6.45) is 21.3. The normalized spacial score (nSPS) is 26.3. The third-order valence-corrected chi connectivity index (χ3v) is 23.7. The number of aromatic nitrogens is 7. The topological polar surface area (TPSA) is 438 Å². The minimum atomic E-state index is -2.43. The average molecular weight is 1680 g/mol. The zero-order valence-corrected chi connectivity index (χ0v) is 71.7. The van der Waals surface area contributed by atoms with Crippen LogP contribution in [0, 0.1) is 29.6 Å². The monoisotopic (exact) mass is 1680 g/mol. The van der Waals surface area contributed by atoms with E-state index in [9.17, 15) is 48.6 Å². The lowest BCUT2D eigenvalue weighted by Gasteiger charge is -2.42. The number of carbonyl (C=O) groups excluding carboxylic acids is 8. The van der Waals surface area contributed by atoms with E-state index in [1.807, 2.05) is 81.2 Å². The minimum absolute atomic E-state index is 0.0163. The Hall–Kier alpha value is -9.68. The van der Waals surface area contributed by atoms with E-state index in [2.05, 4.69) is 40.9 Å². The van der Waals surface area contributed by atoms with Crippen LogP contribution in [0.2, 0.25) is 0 Å². The van der Waals surface area contributed by atoms with Gasteiger partial charge in [0, 0.05) is 121 Å². The molecule has 10 rings (SSSR count). The quantitative estimate of drug-likeness (QED) is 0.0109. The van der Waals surface area contributed by atoms with Crippen LogP contribution in [0.15, 0.2) is 88.9 Å². The molecule has 0 spiro atoms. The lowest BCUT2D eigenvalue weighted by Crippen LogP contribution is -2.60. The Labute approximate surface area is 708 Å². The highest BCUT2D eigenvalue weighted by atomic mass is 16.6. The van der Waals surface area contributed by atoms with Gasteiger partial charge in [-0.2, -0.15) is 10.1 Å². The summed E-state index contributed by atoms with van der Waals surface area (Å²) in [5.41, 5.74) is 17.3. The highest BCUT2D eigenvalue weighted by Crippen LogP contribution is 2.39. The number of ketones is 2. The molecule has 5 aliphatic rings. The van der Waals surface area contributed by atoms with E-state index in [-0.39, 0.29) is 125 Å². The number of rotatable bonds is 28. The number of Topliss-reactive ketones (excluding diaryl/α,β-unsaturated/α-hetero) is 2. The number of methoxy groups -OCH3 is 2. The molecule has 34 heteroatoms. The molecule has 4 aromatic heterocycles. The number of likely N-dealkylation sites (N-methyl/N-ethyl adjacent to an activating group) is 1. The molecule has 1 aliphatic carbocycles. The second-order valence-electron chi connectivity index (χ2n) is 33.1. The predicted octanol–water partition coefficient (Wildman–Crippen LogP) is 7.68. The molecule has 9 N–H and O–H groups in total. The predicted molar refractivity (Wildman–Crippen MR) is 452 cm³/mol. The SMILES string of the molecule is CO[C@H]1CC2CC[C@@H](C)[C@@](O)(O2)C(=O)C(=O)N2CCCC[C@H]2C(=O)O[C@H](CCC2CCC(OC(=O)NCc3cnc(N4CCN(C(=O)CN(C)CC(=O)NCCOCCOCCC(=O)NCCCCn5nc(-c6ccc7oc(N)nc7c6)c6c(N)ncnc65)CC4)nc3)CC2)CC[C@H](C)/C=C(\C)[C@@H](O)[C@@H](OC)C(=O)[C@H](C)C[C@H](C)/C=C/C=CC=C1C. The summed E-state index contributed by atoms with van der Waals surface area (Å²) in [7, 11) is 4.73. The van der Waals surface area contributed by atoms with Crippen molar-refractivity contribution in [2.75, 3.05) is 123 Å². The first-order valence-electron chi connectivity index (χ1n) is 42.9. The number of cyclic esters (lactones) is 1. The van der Waals surface area contributed by atoms with Gasteiger partial charge in [-0.1, -0.05) is 64.2 Å². The van der Waals surface area contributed by atoms with Crippen LogP contribution < -0.4 is 32.3 Å². The Morgan fingerprint density at radius 2 is 1.50 bits per heavy atom. The van der Waals surface area contributed by atoms with Crippen LogP contribution in [0.4, 0.5) is 22.6 Å². The number of piperazine rings is 1. The van der Waals surface area contributed by atoms with E-state index in [0.717, 1.165) is 24.0 Å². The number of aliphatic hydroxyl groups is 2. The largest absolute Gasteiger partial charge is 0.461 e. The standard InChI is InChI=1S/C87H126N16O18/c1-55-17-11-10-12-18-57(3)70(114-8)48-66-27-21-60(6)87(113,121-66)79(109)82(110)102-35-15-13-19-68(102)83(111)118-64(26-20-56(2)46-59(5)77(108)78(115-9)76(107)58(4)45-55)28-22-61-23-29-65(30-24-61)119-86(112)94-51-62-49-92-85(93-50-62)101-39-37-100(38-40-101)73(106)53-99(7)52-72(105)91-34-42-117-44-43-116-41-32-71(104)90-33-14-16-36-103-81-74(80(88)95-54-96-81)75(98-103)63-25-31-69-67(47-63)97-84(89)120-69/h10-12,17-18,25,31,46-47,49-50,54-56,58,60-61,64-66,68,70,77-78,108,113H,13-16,19-24,26-30,32-45,48,51-53H2,1-9H3,(H2,89,97)(H,90,104)(H,91,105)(H,94,112)(H2,88,95,96)/b12-10?,17-11+,57-18?,59-46+/t55-,56+,58-,60-,61?,64+,65?,66?,68+,70+,77-,78+,87-/m1/s1. The number of aryl methyl sites for hydroxylation is 1. The van der Waals surface area contributed by atoms with E-state index in [4.69, 9.17) is 54.1 Å². The summed E-state index contributed by atoms with van der Waals surface area (Å²) in [4.78, 5) is 138. The fourth-order valence-corrected chi connectivity index (χ4v) is 16.5. The number of carbonyl (C=O) groups is 8. The molecule has 8 heterocycles. The van der Waals surface area contributed by atoms with Crippen molar-refractivity contribution in [1.82, 2.24) is 65.4 Å². The van der Waals surface area contributed by atoms with Gasteiger partial charge in [0.25, 0.3) is 17.7 Å². The van der Waals surface area contributed by atoms with Gasteiger partial charge in [0.05, 0.1) is 57.1 Å². The summed E-state index contributed by atoms with van der Waals surface area (Å²) in [6, 6.07) is 4.46. The number of hydrogen-bond acceptors (Lipinski definition) is 28. The molecule has 5 amide bonds. The van der Waals surface area contributed by atoms with Crippen LogP contribution in [0.3, 0.4) is 0 Å². The van der Waals surface area contributed by atoms with Gasteiger partial charge >= 0.3 is 12.1 Å². The molecule has 1 aromatic carbocycles. The van der Waals surface area contributed by atoms with Crippen LogP contribution in [-0.4, -0.2) is 262 Å². The van der Waals surface area contributed by atoms with Gasteiger partial charge in [0.1, 0.15) is 53.8 Å². The number of ether oxygens (including phenoxy) is 7. The number of nitrogens with zero attached hydrogens (tertiary/aromatic N) is 11. The van der Waals surface area contributed by atoms with Gasteiger partial charge in [-0.15, -0.1) is 0 Å². The maximum absolute atomic E-state index is 14.6. The van der Waals surface area contributed by atoms with Crippen LogP contribution in [0.1, 0.15) is 163 Å². The maximum Gasteiger partial charge on any atom is 0.407 e. The first kappa shape index (κ1) is 93.6. The third-order valence-electron chi connectivity index (χ3n) is 23.7. The molecule has 11 atom stereocenters. The maximum atomic E-state index is 14.6. The smallest absolute Gasteiger partial charge is 0.407 e. The first-order valence-corrected chi connectivity index (χ1v) is 42.9. The number of fused-ring (bicyclic) bond motifs is 5. The molecule has 4 aliphatic heterocycles. The van der Waals surface area contributed by atoms with Crippen molar-refractivity contribution in [2.24, 2.45) is 29.6 Å². The van der Waals surface area contributed by atoms with Crippen molar-refractivity contribution in [2.45, 2.75) is 219 Å². The summed E-state index contributed by atoms with van der Waals surface area (Å²) in [5, 5.41) is 37.8. The molecule has 121 heavy (non-hydrogen) atoms. The fourth-order valence-electron chi connectivity index (χ4n) is 16.5. The number of esters is 1. The molecule has 1 saturated carbocycles. The number of hydrogen-bond donors (Lipinski definition) is 7. The number of nitrogens with one attached hydrogen (secondary N) is 3. The Bertz CT molecular complexity index is 4400. The average Bonchev–Trinajstić information content (AvgIpc) is 1.69. The second kappa shape index (κ2) is 46.0. The molecular formula is C87H126N16O18. The first-order chi connectivity index (χ1) is 58.2. The summed E-state index contributed by atoms with van der Waals surface area (Å²) >= 11 is 0. The summed E-state index contributed by atoms with van der Waals surface area (Å²) in [5.74, 6) is -6.03. The molecule has 5 aromatic rings. The van der Waals surface area contributed by atoms with Crippen molar-refractivity contribution >= 4 is 87.2 Å². The van der Waals surface area contributed by atoms with E-state index >= 15 is 0 Å². The zero-order valence-electron chi connectivity index (χ0n) is 71.7. The number of aliphatic hydroxyl groups excluding tert-OH is 1. The van der Waals surface area contributed by atoms with Crippen LogP contribution >= 0.6 is 0 Å². The van der Waals surface area contributed by atoms with Crippen molar-refractivity contribution < 1.29 is 86.1 Å². The van der Waals surface area contributed by atoms with Crippen molar-refractivity contribution in [1.29, 1.82) is 0 Å². The number of nitrogen functional groups attached to an aromatic ring is 2. The van der Waals surface area contributed by atoms with Gasteiger partial charge in [0.2, 0.25) is 29.5 Å². The molecule has 0 radical (unpaired) electrons. The van der Waals surface area contributed by atoms with Gasteiger partial charge < -0.3 is 89.9 Å². The van der Waals surface area contributed by atoms with E-state index in [1.54, 1.807) is 60.9 Å². The lowest BCUT2D eigenvalue weighted by molar-refractivity contribution is -0.265. The second-order valence-corrected chi connectivity index (χ2v) is 33.1. The number of oxazole rings is 1. The number of unbranched alkanes of at least 4 members (excludes halogenated alkanes) is 1. The van der Waals surface area contributed by atoms with Gasteiger partial charge in [0.15, 0.2) is 17.0 Å². The van der Waals surface area contributed by atoms with Gasteiger partial charge in [-0.3, -0.25) is 33.7 Å². The summed E-state index contributed by atoms with van der Waals surface area (Å²) in [6.45, 7) is 15.8. The van der Waals surface area contributed by atoms with Crippen molar-refractivity contribution in [3.05, 3.63) is 90.1 Å². The van der Waals surface area contributed by atoms with Crippen molar-refractivity contribution in [3.8, 4) is 11.3 Å². The minimum Gasteiger partial charge on any atom is -0.461 e. The number of allylic oxidation sites excluding steroid dienone is 6. The van der Waals surface area contributed by atoms with Crippen LogP contribution in [0.25, 0.3) is 33.4 Å². The number of anilines is 3. The lowest BCUT2D eigenvalue weighted by atomic mass is 9.83. The van der Waals surface area contributed by atoms with Crippen LogP contribution in [0.5, 0.6) is 0 Å². The molecule has 1 unspecified atom stereocenters. The number of nitrogens with two attached hydrogens (primary N) is 2.